The molecule has 0 aliphatic heterocycles. The van der Waals surface area contributed by atoms with E-state index in [2.05, 4.69) is 4.72 Å². The molecule has 0 saturated carbocycles. The number of carboxylic acids is 1. The Balaban J connectivity index is 2.64. The molecule has 0 amide bonds. The van der Waals surface area contributed by atoms with Gasteiger partial charge in [-0.15, -0.1) is 0 Å². The van der Waals surface area contributed by atoms with Crippen molar-refractivity contribution in [1.82, 2.24) is 0 Å². The number of sulfonamides is 1. The molecule has 106 valence electrons. The first-order valence-corrected chi connectivity index (χ1v) is 7.75. The molecule has 0 aliphatic carbocycles. The van der Waals surface area contributed by atoms with Crippen LogP contribution in [-0.2, 0) is 21.2 Å². The molecule has 0 radical (unpaired) electrons. The number of aliphatic carboxylic acids is 1. The Morgan fingerprint density at radius 3 is 2.32 bits per heavy atom. The van der Waals surface area contributed by atoms with Crippen LogP contribution in [0.15, 0.2) is 24.3 Å². The van der Waals surface area contributed by atoms with Crippen molar-refractivity contribution in [3.05, 3.63) is 29.8 Å². The fourth-order valence-corrected chi connectivity index (χ4v) is 3.11. The van der Waals surface area contributed by atoms with Crippen molar-refractivity contribution >= 4 is 21.7 Å². The number of carboxylic acid groups (broad SMARTS) is 1. The SMILES string of the molecule is CC(C)CS(=O)(=O)Nc1ccc(CCC(=O)O)cc1. The molecule has 19 heavy (non-hydrogen) atoms. The van der Waals surface area contributed by atoms with Gasteiger partial charge in [0.15, 0.2) is 0 Å². The first kappa shape index (κ1) is 15.5. The zero-order chi connectivity index (χ0) is 14.5. The summed E-state index contributed by atoms with van der Waals surface area (Å²) in [6.07, 6.45) is 0.507. The number of aryl methyl sites for hydroxylation is 1. The Kier molecular flexibility index (Phi) is 5.35. The summed E-state index contributed by atoms with van der Waals surface area (Å²) >= 11 is 0. The molecule has 0 spiro atoms. The predicted octanol–water partition coefficient (Wildman–Crippen LogP) is 2.10. The number of rotatable bonds is 7. The van der Waals surface area contributed by atoms with Gasteiger partial charge in [0.1, 0.15) is 0 Å². The van der Waals surface area contributed by atoms with Crippen LogP contribution in [0.4, 0.5) is 5.69 Å². The molecule has 1 aromatic carbocycles. The number of carbonyl (C=O) groups is 1. The first-order valence-electron chi connectivity index (χ1n) is 6.10. The molecule has 1 rings (SSSR count). The predicted molar refractivity (Wildman–Crippen MR) is 74.6 cm³/mol. The molecule has 1 aromatic rings. The maximum Gasteiger partial charge on any atom is 0.303 e. The van der Waals surface area contributed by atoms with Crippen LogP contribution < -0.4 is 4.72 Å². The summed E-state index contributed by atoms with van der Waals surface area (Å²) in [6.45, 7) is 3.68. The molecule has 0 bridgehead atoms. The monoisotopic (exact) mass is 285 g/mol. The van der Waals surface area contributed by atoms with Gasteiger partial charge in [-0.2, -0.15) is 0 Å². The van der Waals surface area contributed by atoms with Crippen molar-refractivity contribution < 1.29 is 18.3 Å². The van der Waals surface area contributed by atoms with Crippen molar-refractivity contribution in [3.63, 3.8) is 0 Å². The summed E-state index contributed by atoms with van der Waals surface area (Å²) in [5, 5.41) is 8.57. The van der Waals surface area contributed by atoms with Crippen LogP contribution in [-0.4, -0.2) is 25.2 Å². The van der Waals surface area contributed by atoms with Crippen molar-refractivity contribution in [2.75, 3.05) is 10.5 Å². The summed E-state index contributed by atoms with van der Waals surface area (Å²) in [7, 11) is -3.32. The second kappa shape index (κ2) is 6.56. The Morgan fingerprint density at radius 1 is 1.26 bits per heavy atom. The maximum absolute atomic E-state index is 11.7. The van der Waals surface area contributed by atoms with Crippen LogP contribution in [0.25, 0.3) is 0 Å². The van der Waals surface area contributed by atoms with Gasteiger partial charge in [-0.3, -0.25) is 9.52 Å². The third kappa shape index (κ3) is 6.24. The van der Waals surface area contributed by atoms with Gasteiger partial charge in [-0.05, 0) is 30.0 Å². The van der Waals surface area contributed by atoms with Crippen molar-refractivity contribution in [2.45, 2.75) is 26.7 Å². The lowest BCUT2D eigenvalue weighted by molar-refractivity contribution is -0.136. The molecule has 0 fully saturated rings. The smallest absolute Gasteiger partial charge is 0.303 e. The third-order valence-electron chi connectivity index (χ3n) is 2.41. The lowest BCUT2D eigenvalue weighted by Gasteiger charge is -2.10. The average molecular weight is 285 g/mol. The van der Waals surface area contributed by atoms with E-state index in [-0.39, 0.29) is 18.1 Å². The largest absolute Gasteiger partial charge is 0.481 e. The van der Waals surface area contributed by atoms with Crippen LogP contribution in [0.5, 0.6) is 0 Å². The van der Waals surface area contributed by atoms with E-state index in [1.807, 2.05) is 13.8 Å². The number of anilines is 1. The minimum atomic E-state index is -3.32. The summed E-state index contributed by atoms with van der Waals surface area (Å²) in [5.74, 6) is -0.706. The van der Waals surface area contributed by atoms with Gasteiger partial charge >= 0.3 is 5.97 Å². The van der Waals surface area contributed by atoms with E-state index in [0.29, 0.717) is 12.1 Å². The highest BCUT2D eigenvalue weighted by Crippen LogP contribution is 2.13. The van der Waals surface area contributed by atoms with E-state index < -0.39 is 16.0 Å². The van der Waals surface area contributed by atoms with Gasteiger partial charge in [0.05, 0.1) is 5.75 Å². The normalized spacial score (nSPS) is 11.5. The van der Waals surface area contributed by atoms with Crippen molar-refractivity contribution in [1.29, 1.82) is 0 Å². The molecule has 6 heteroatoms. The number of hydrogen-bond donors (Lipinski definition) is 2. The lowest BCUT2D eigenvalue weighted by Crippen LogP contribution is -2.19. The second-order valence-electron chi connectivity index (χ2n) is 4.87. The molecule has 0 heterocycles. The van der Waals surface area contributed by atoms with E-state index in [0.717, 1.165) is 5.56 Å². The Labute approximate surface area is 113 Å². The highest BCUT2D eigenvalue weighted by molar-refractivity contribution is 7.92. The molecular formula is C13H19NO4S. The fourth-order valence-electron chi connectivity index (χ4n) is 1.65. The Bertz CT molecular complexity index is 520. The summed E-state index contributed by atoms with van der Waals surface area (Å²) in [4.78, 5) is 10.4. The summed E-state index contributed by atoms with van der Waals surface area (Å²) in [5.41, 5.74) is 1.37. The Hall–Kier alpha value is -1.56. The van der Waals surface area contributed by atoms with Crippen molar-refractivity contribution in [3.8, 4) is 0 Å². The molecule has 2 N–H and O–H groups in total. The third-order valence-corrected chi connectivity index (χ3v) is 4.06. The van der Waals surface area contributed by atoms with E-state index in [1.165, 1.54) is 0 Å². The summed E-state index contributed by atoms with van der Waals surface area (Å²) < 4.78 is 25.9. The van der Waals surface area contributed by atoms with Gasteiger partial charge in [0.25, 0.3) is 0 Å². The standard InChI is InChI=1S/C13H19NO4S/c1-10(2)9-19(17,18)14-12-6-3-11(4-7-12)5-8-13(15)16/h3-4,6-7,10,14H,5,8-9H2,1-2H3,(H,15,16). The lowest BCUT2D eigenvalue weighted by atomic mass is 10.1. The van der Waals surface area contributed by atoms with Gasteiger partial charge in [-0.1, -0.05) is 26.0 Å². The molecular weight excluding hydrogens is 266 g/mol. The summed E-state index contributed by atoms with van der Waals surface area (Å²) in [6, 6.07) is 6.76. The van der Waals surface area contributed by atoms with Gasteiger partial charge < -0.3 is 5.11 Å². The molecule has 0 atom stereocenters. The fraction of sp³-hybridized carbons (Fsp3) is 0.462. The van der Waals surface area contributed by atoms with Gasteiger partial charge in [0, 0.05) is 12.1 Å². The molecule has 5 nitrogen and oxygen atoms in total. The van der Waals surface area contributed by atoms with Crippen LogP contribution in [0.2, 0.25) is 0 Å². The van der Waals surface area contributed by atoms with Gasteiger partial charge in [0.2, 0.25) is 10.0 Å². The molecule has 0 unspecified atom stereocenters. The number of hydrogen-bond acceptors (Lipinski definition) is 3. The highest BCUT2D eigenvalue weighted by atomic mass is 32.2. The van der Waals surface area contributed by atoms with E-state index in [9.17, 15) is 13.2 Å². The molecule has 0 saturated heterocycles. The number of benzene rings is 1. The van der Waals surface area contributed by atoms with Gasteiger partial charge in [-0.25, -0.2) is 8.42 Å². The maximum atomic E-state index is 11.7. The average Bonchev–Trinajstić information content (AvgIpc) is 2.25. The minimum absolute atomic E-state index is 0.0624. The van der Waals surface area contributed by atoms with E-state index >= 15 is 0 Å². The van der Waals surface area contributed by atoms with Crippen LogP contribution >= 0.6 is 0 Å². The zero-order valence-corrected chi connectivity index (χ0v) is 11.9. The van der Waals surface area contributed by atoms with Crippen LogP contribution in [0, 0.1) is 5.92 Å². The molecule has 0 aromatic heterocycles. The zero-order valence-electron chi connectivity index (χ0n) is 11.1. The van der Waals surface area contributed by atoms with Crippen LogP contribution in [0.1, 0.15) is 25.8 Å². The minimum Gasteiger partial charge on any atom is -0.481 e. The van der Waals surface area contributed by atoms with E-state index in [1.54, 1.807) is 24.3 Å². The molecule has 0 aliphatic rings. The second-order valence-corrected chi connectivity index (χ2v) is 6.63. The first-order chi connectivity index (χ1) is 8.78. The quantitative estimate of drug-likeness (QED) is 0.803. The number of nitrogens with one attached hydrogen (secondary N) is 1. The van der Waals surface area contributed by atoms with Crippen molar-refractivity contribution in [2.24, 2.45) is 5.92 Å². The highest BCUT2D eigenvalue weighted by Gasteiger charge is 2.12. The Morgan fingerprint density at radius 2 is 1.84 bits per heavy atom. The topological polar surface area (TPSA) is 83.5 Å². The van der Waals surface area contributed by atoms with E-state index in [4.69, 9.17) is 5.11 Å². The van der Waals surface area contributed by atoms with Crippen LogP contribution in [0.3, 0.4) is 0 Å².